The molecule has 0 fully saturated rings. The largest absolute Gasteiger partial charge is 0.326 e. The van der Waals surface area contributed by atoms with Gasteiger partial charge in [0.25, 0.3) is 0 Å². The minimum Gasteiger partial charge on any atom is -0.326 e. The van der Waals surface area contributed by atoms with E-state index in [9.17, 15) is 10.1 Å². The highest BCUT2D eigenvalue weighted by molar-refractivity contribution is 7.99. The molecule has 0 saturated carbocycles. The molecule has 25 heavy (non-hydrogen) atoms. The number of hydrogen-bond acceptors (Lipinski definition) is 4. The Hall–Kier alpha value is -1.74. The van der Waals surface area contributed by atoms with Crippen LogP contribution in [0.1, 0.15) is 31.0 Å². The highest BCUT2D eigenvalue weighted by atomic mass is 35.5. The number of hydrogen-bond donors (Lipinski definition) is 1. The van der Waals surface area contributed by atoms with Gasteiger partial charge in [0, 0.05) is 33.6 Å². The number of nitriles is 1. The van der Waals surface area contributed by atoms with Gasteiger partial charge in [-0.3, -0.25) is 4.79 Å². The van der Waals surface area contributed by atoms with E-state index >= 15 is 0 Å². The molecule has 130 valence electrons. The zero-order valence-corrected chi connectivity index (χ0v) is 16.0. The summed E-state index contributed by atoms with van der Waals surface area (Å²) in [6, 6.07) is 10.7. The first-order valence-corrected chi connectivity index (χ1v) is 9.54. The number of benzene rings is 1. The highest BCUT2D eigenvalue weighted by Crippen LogP contribution is 2.24. The molecule has 0 spiro atoms. The Labute approximate surface area is 161 Å². The first kappa shape index (κ1) is 19.6. The molecule has 1 amide bonds. The molecule has 0 aliphatic rings. The van der Waals surface area contributed by atoms with Gasteiger partial charge in [-0.05, 0) is 36.8 Å². The second kappa shape index (κ2) is 9.67. The average molecular weight is 394 g/mol. The predicted octanol–water partition coefficient (Wildman–Crippen LogP) is 5.33. The van der Waals surface area contributed by atoms with Crippen LogP contribution in [0.2, 0.25) is 10.0 Å². The Kier molecular flexibility index (Phi) is 7.57. The third-order valence-corrected chi connectivity index (χ3v) is 4.69. The predicted molar refractivity (Wildman–Crippen MR) is 103 cm³/mol. The van der Waals surface area contributed by atoms with Gasteiger partial charge in [0.05, 0.1) is 5.56 Å². The Balaban J connectivity index is 1.92. The Bertz CT molecular complexity index is 785. The molecule has 2 rings (SSSR count). The summed E-state index contributed by atoms with van der Waals surface area (Å²) in [5, 5.41) is 13.6. The number of carbonyl (C=O) groups is 1. The van der Waals surface area contributed by atoms with Gasteiger partial charge in [0.2, 0.25) is 5.91 Å². The molecule has 7 heteroatoms. The van der Waals surface area contributed by atoms with Crippen LogP contribution in [0.3, 0.4) is 0 Å². The van der Waals surface area contributed by atoms with Gasteiger partial charge < -0.3 is 5.32 Å². The zero-order chi connectivity index (χ0) is 18.2. The molecule has 0 radical (unpaired) electrons. The number of carbonyl (C=O) groups excluding carboxylic acids is 1. The van der Waals surface area contributed by atoms with Crippen molar-refractivity contribution >= 4 is 46.6 Å². The highest BCUT2D eigenvalue weighted by Gasteiger charge is 2.09. The number of pyridine rings is 1. The minimum atomic E-state index is -0.144. The Morgan fingerprint density at radius 3 is 2.64 bits per heavy atom. The van der Waals surface area contributed by atoms with E-state index in [1.54, 1.807) is 24.3 Å². The van der Waals surface area contributed by atoms with Crippen molar-refractivity contribution in [3.8, 4) is 6.07 Å². The van der Waals surface area contributed by atoms with E-state index in [0.717, 1.165) is 18.5 Å². The van der Waals surface area contributed by atoms with Crippen molar-refractivity contribution in [2.24, 2.45) is 0 Å². The smallest absolute Gasteiger partial charge is 0.225 e. The number of halogens is 2. The van der Waals surface area contributed by atoms with Gasteiger partial charge in [0.1, 0.15) is 11.1 Å². The van der Waals surface area contributed by atoms with Gasteiger partial charge in [-0.25, -0.2) is 4.98 Å². The number of nitrogens with one attached hydrogen (secondary N) is 1. The van der Waals surface area contributed by atoms with Gasteiger partial charge >= 0.3 is 0 Å². The molecule has 0 bridgehead atoms. The maximum Gasteiger partial charge on any atom is 0.225 e. The second-order valence-corrected chi connectivity index (χ2v) is 7.28. The summed E-state index contributed by atoms with van der Waals surface area (Å²) in [5.74, 6) is 0.381. The lowest BCUT2D eigenvalue weighted by Gasteiger charge is -2.08. The summed E-state index contributed by atoms with van der Waals surface area (Å²) in [4.78, 5) is 16.6. The lowest BCUT2D eigenvalue weighted by atomic mass is 10.2. The van der Waals surface area contributed by atoms with E-state index < -0.39 is 0 Å². The molecule has 0 unspecified atom stereocenters. The molecule has 1 aromatic carbocycles. The number of rotatable bonds is 7. The average Bonchev–Trinajstić information content (AvgIpc) is 2.54. The van der Waals surface area contributed by atoms with E-state index in [2.05, 4.69) is 23.3 Å². The zero-order valence-electron chi connectivity index (χ0n) is 13.7. The van der Waals surface area contributed by atoms with Crippen LogP contribution in [-0.2, 0) is 11.2 Å². The van der Waals surface area contributed by atoms with Crippen LogP contribution in [0.15, 0.2) is 35.4 Å². The molecule has 4 nitrogen and oxygen atoms in total. The van der Waals surface area contributed by atoms with Crippen LogP contribution in [0.5, 0.6) is 0 Å². The van der Waals surface area contributed by atoms with E-state index in [1.807, 2.05) is 6.07 Å². The summed E-state index contributed by atoms with van der Waals surface area (Å²) >= 11 is 13.2. The third kappa shape index (κ3) is 6.24. The number of anilines is 1. The van der Waals surface area contributed by atoms with Crippen molar-refractivity contribution < 1.29 is 4.79 Å². The van der Waals surface area contributed by atoms with Gasteiger partial charge in [-0.1, -0.05) is 36.5 Å². The fourth-order valence-electron chi connectivity index (χ4n) is 2.16. The van der Waals surface area contributed by atoms with Gasteiger partial charge in [-0.15, -0.1) is 11.8 Å². The molecule has 1 heterocycles. The van der Waals surface area contributed by atoms with Crippen LogP contribution < -0.4 is 5.32 Å². The molecule has 0 aliphatic heterocycles. The monoisotopic (exact) mass is 393 g/mol. The Morgan fingerprint density at radius 2 is 2.00 bits per heavy atom. The lowest BCUT2D eigenvalue weighted by molar-refractivity contribution is -0.115. The fourth-order valence-corrected chi connectivity index (χ4v) is 3.62. The summed E-state index contributed by atoms with van der Waals surface area (Å²) < 4.78 is 0. The van der Waals surface area contributed by atoms with Crippen molar-refractivity contribution in [3.63, 3.8) is 0 Å². The van der Waals surface area contributed by atoms with Crippen LogP contribution in [0, 0.1) is 11.3 Å². The molecule has 0 saturated heterocycles. The maximum atomic E-state index is 12.1. The molecule has 2 aromatic rings. The van der Waals surface area contributed by atoms with Gasteiger partial charge in [0.15, 0.2) is 0 Å². The molecule has 0 aliphatic carbocycles. The summed E-state index contributed by atoms with van der Waals surface area (Å²) in [6.07, 6.45) is 2.16. The van der Waals surface area contributed by atoms with E-state index in [-0.39, 0.29) is 5.91 Å². The normalized spacial score (nSPS) is 10.3. The van der Waals surface area contributed by atoms with Crippen molar-refractivity contribution in [2.45, 2.75) is 31.2 Å². The van der Waals surface area contributed by atoms with Crippen LogP contribution in [0.25, 0.3) is 0 Å². The second-order valence-electron chi connectivity index (χ2n) is 5.32. The SMILES string of the molecule is CCCc1ccc(C#N)c(SCCC(=O)Nc2cc(Cl)cc(Cl)c2)n1. The third-order valence-electron chi connectivity index (χ3n) is 3.26. The fraction of sp³-hybridized carbons (Fsp3) is 0.278. The lowest BCUT2D eigenvalue weighted by Crippen LogP contribution is -2.12. The van der Waals surface area contributed by atoms with E-state index in [0.29, 0.717) is 38.5 Å². The van der Waals surface area contributed by atoms with Gasteiger partial charge in [-0.2, -0.15) is 5.26 Å². The molecule has 1 aromatic heterocycles. The minimum absolute atomic E-state index is 0.144. The summed E-state index contributed by atoms with van der Waals surface area (Å²) in [5.41, 5.74) is 2.06. The van der Waals surface area contributed by atoms with Crippen molar-refractivity contribution in [3.05, 3.63) is 51.6 Å². The first-order valence-electron chi connectivity index (χ1n) is 7.80. The standard InChI is InChI=1S/C18H17Cl2N3OS/c1-2-3-15-5-4-12(11-21)18(23-15)25-7-6-17(24)22-16-9-13(19)8-14(20)10-16/h4-5,8-10H,2-3,6-7H2,1H3,(H,22,24). The van der Waals surface area contributed by atoms with Crippen LogP contribution in [-0.4, -0.2) is 16.6 Å². The van der Waals surface area contributed by atoms with Crippen LogP contribution in [0.4, 0.5) is 5.69 Å². The number of amides is 1. The molecule has 0 atom stereocenters. The van der Waals surface area contributed by atoms with Crippen molar-refractivity contribution in [1.29, 1.82) is 5.26 Å². The topological polar surface area (TPSA) is 65.8 Å². The molecular formula is C18H17Cl2N3OS. The van der Waals surface area contributed by atoms with E-state index in [1.165, 1.54) is 11.8 Å². The number of thioether (sulfide) groups is 1. The quantitative estimate of drug-likeness (QED) is 0.645. The molecule has 1 N–H and O–H groups in total. The number of aromatic nitrogens is 1. The summed E-state index contributed by atoms with van der Waals surface area (Å²) in [6.45, 7) is 2.08. The van der Waals surface area contributed by atoms with Crippen molar-refractivity contribution in [2.75, 3.05) is 11.1 Å². The molecular weight excluding hydrogens is 377 g/mol. The van der Waals surface area contributed by atoms with E-state index in [4.69, 9.17) is 23.2 Å². The number of aryl methyl sites for hydroxylation is 1. The maximum absolute atomic E-state index is 12.1. The first-order chi connectivity index (χ1) is 12.0. The Morgan fingerprint density at radius 1 is 1.28 bits per heavy atom. The number of nitrogens with zero attached hydrogens (tertiary/aromatic N) is 2. The van der Waals surface area contributed by atoms with Crippen molar-refractivity contribution in [1.82, 2.24) is 4.98 Å². The van der Waals surface area contributed by atoms with Crippen LogP contribution >= 0.6 is 35.0 Å². The summed E-state index contributed by atoms with van der Waals surface area (Å²) in [7, 11) is 0.